The van der Waals surface area contributed by atoms with Crippen LogP contribution in [0.2, 0.25) is 0 Å². The molecule has 1 saturated heterocycles. The number of hydrogen-bond donors (Lipinski definition) is 1. The van der Waals surface area contributed by atoms with Gasteiger partial charge in [0, 0.05) is 24.7 Å². The maximum Gasteiger partial charge on any atom is 0.249 e. The highest BCUT2D eigenvalue weighted by Crippen LogP contribution is 2.20. The molecule has 0 saturated carbocycles. The topological polar surface area (TPSA) is 46.3 Å². The molecule has 0 aromatic heterocycles. The molecular weight excluding hydrogens is 188 g/mol. The highest BCUT2D eigenvalue weighted by Gasteiger charge is 2.28. The van der Waals surface area contributed by atoms with Crippen LogP contribution < -0.4 is 5.73 Å². The number of rotatable bonds is 3. The van der Waals surface area contributed by atoms with E-state index in [0.29, 0.717) is 5.92 Å². The minimum absolute atomic E-state index is 0.181. The molecule has 2 N–H and O–H groups in total. The molecule has 1 aliphatic rings. The highest BCUT2D eigenvalue weighted by molar-refractivity contribution is 5.92. The van der Waals surface area contributed by atoms with Crippen LogP contribution >= 0.6 is 0 Å². The summed E-state index contributed by atoms with van der Waals surface area (Å²) in [5.41, 5.74) is 6.71. The van der Waals surface area contributed by atoms with Gasteiger partial charge in [-0.05, 0) is 32.6 Å². The molecule has 1 aliphatic heterocycles. The van der Waals surface area contributed by atoms with E-state index in [1.165, 1.54) is 0 Å². The van der Waals surface area contributed by atoms with Crippen molar-refractivity contribution >= 4 is 5.91 Å². The minimum Gasteiger partial charge on any atom is -0.339 e. The van der Waals surface area contributed by atoms with Crippen LogP contribution in [0.5, 0.6) is 0 Å². The largest absolute Gasteiger partial charge is 0.339 e. The van der Waals surface area contributed by atoms with Crippen molar-refractivity contribution in [3.8, 4) is 0 Å². The number of allylic oxidation sites excluding steroid dienone is 1. The SMILES string of the molecule is CC/C=C(/C)C(=O)N1CCC(C(C)N)C1. The molecule has 0 aliphatic carbocycles. The summed E-state index contributed by atoms with van der Waals surface area (Å²) in [7, 11) is 0. The second kappa shape index (κ2) is 5.31. The Morgan fingerprint density at radius 2 is 2.33 bits per heavy atom. The predicted molar refractivity (Wildman–Crippen MR) is 62.4 cm³/mol. The van der Waals surface area contributed by atoms with Gasteiger partial charge in [-0.25, -0.2) is 0 Å². The molecular formula is C12H22N2O. The van der Waals surface area contributed by atoms with Gasteiger partial charge in [0.05, 0.1) is 0 Å². The van der Waals surface area contributed by atoms with Gasteiger partial charge in [0.15, 0.2) is 0 Å². The van der Waals surface area contributed by atoms with E-state index in [4.69, 9.17) is 5.73 Å². The van der Waals surface area contributed by atoms with Crippen molar-refractivity contribution in [3.63, 3.8) is 0 Å². The second-order valence-corrected chi connectivity index (χ2v) is 4.45. The van der Waals surface area contributed by atoms with E-state index in [1.54, 1.807) is 0 Å². The number of nitrogens with zero attached hydrogens (tertiary/aromatic N) is 1. The first-order chi connectivity index (χ1) is 7.06. The monoisotopic (exact) mass is 210 g/mol. The minimum atomic E-state index is 0.181. The van der Waals surface area contributed by atoms with Crippen LogP contribution in [0.3, 0.4) is 0 Å². The van der Waals surface area contributed by atoms with Gasteiger partial charge in [-0.15, -0.1) is 0 Å². The molecule has 86 valence electrons. The molecule has 1 fully saturated rings. The lowest BCUT2D eigenvalue weighted by atomic mass is 10.0. The number of amides is 1. The maximum atomic E-state index is 11.9. The average Bonchev–Trinajstić information content (AvgIpc) is 2.65. The van der Waals surface area contributed by atoms with Crippen molar-refractivity contribution in [1.29, 1.82) is 0 Å². The first kappa shape index (κ1) is 12.2. The van der Waals surface area contributed by atoms with E-state index in [9.17, 15) is 4.79 Å². The first-order valence-corrected chi connectivity index (χ1v) is 5.77. The summed E-state index contributed by atoms with van der Waals surface area (Å²) >= 11 is 0. The van der Waals surface area contributed by atoms with Crippen molar-refractivity contribution in [2.45, 2.75) is 39.7 Å². The molecule has 1 heterocycles. The Balaban J connectivity index is 2.54. The lowest BCUT2D eigenvalue weighted by Crippen LogP contribution is -2.33. The molecule has 3 nitrogen and oxygen atoms in total. The van der Waals surface area contributed by atoms with Gasteiger partial charge in [0.2, 0.25) is 5.91 Å². The molecule has 1 rings (SSSR count). The molecule has 2 unspecified atom stereocenters. The van der Waals surface area contributed by atoms with Gasteiger partial charge in [-0.3, -0.25) is 4.79 Å². The van der Waals surface area contributed by atoms with Gasteiger partial charge < -0.3 is 10.6 Å². The van der Waals surface area contributed by atoms with Crippen LogP contribution in [0.1, 0.15) is 33.6 Å². The van der Waals surface area contributed by atoms with Crippen molar-refractivity contribution in [1.82, 2.24) is 4.90 Å². The lowest BCUT2D eigenvalue weighted by Gasteiger charge is -2.18. The molecule has 1 amide bonds. The van der Waals surface area contributed by atoms with Crippen LogP contribution in [-0.4, -0.2) is 29.9 Å². The Bertz CT molecular complexity index is 258. The van der Waals surface area contributed by atoms with E-state index in [2.05, 4.69) is 0 Å². The van der Waals surface area contributed by atoms with Crippen LogP contribution in [0.15, 0.2) is 11.6 Å². The fourth-order valence-electron chi connectivity index (χ4n) is 2.04. The molecule has 0 aromatic carbocycles. The van der Waals surface area contributed by atoms with Crippen molar-refractivity contribution in [3.05, 3.63) is 11.6 Å². The van der Waals surface area contributed by atoms with Gasteiger partial charge in [-0.1, -0.05) is 13.0 Å². The van der Waals surface area contributed by atoms with Crippen LogP contribution in [-0.2, 0) is 4.79 Å². The number of nitrogens with two attached hydrogens (primary N) is 1. The standard InChI is InChI=1S/C12H22N2O/c1-4-5-9(2)12(15)14-7-6-11(8-14)10(3)13/h5,10-11H,4,6-8,13H2,1-3H3/b9-5-. The van der Waals surface area contributed by atoms with E-state index >= 15 is 0 Å². The number of hydrogen-bond acceptors (Lipinski definition) is 2. The van der Waals surface area contributed by atoms with Crippen molar-refractivity contribution in [2.24, 2.45) is 11.7 Å². The van der Waals surface area contributed by atoms with Crippen LogP contribution in [0.25, 0.3) is 0 Å². The van der Waals surface area contributed by atoms with E-state index < -0.39 is 0 Å². The van der Waals surface area contributed by atoms with Gasteiger partial charge in [0.25, 0.3) is 0 Å². The van der Waals surface area contributed by atoms with E-state index in [0.717, 1.165) is 31.5 Å². The zero-order chi connectivity index (χ0) is 11.4. The molecule has 2 atom stereocenters. The Labute approximate surface area is 92.3 Å². The number of likely N-dealkylation sites (tertiary alicyclic amines) is 1. The van der Waals surface area contributed by atoms with E-state index in [-0.39, 0.29) is 11.9 Å². The number of carbonyl (C=O) groups excluding carboxylic acids is 1. The molecule has 0 spiro atoms. The second-order valence-electron chi connectivity index (χ2n) is 4.45. The normalized spacial score (nSPS) is 24.4. The predicted octanol–water partition coefficient (Wildman–Crippen LogP) is 1.54. The lowest BCUT2D eigenvalue weighted by molar-refractivity contribution is -0.126. The van der Waals surface area contributed by atoms with Crippen molar-refractivity contribution in [2.75, 3.05) is 13.1 Å². The molecule has 0 aromatic rings. The third kappa shape index (κ3) is 3.06. The Morgan fingerprint density at radius 1 is 1.67 bits per heavy atom. The molecule has 0 radical (unpaired) electrons. The number of carbonyl (C=O) groups is 1. The Morgan fingerprint density at radius 3 is 2.80 bits per heavy atom. The fraction of sp³-hybridized carbons (Fsp3) is 0.750. The molecule has 0 bridgehead atoms. The summed E-state index contributed by atoms with van der Waals surface area (Å²) in [5.74, 6) is 0.656. The third-order valence-corrected chi connectivity index (χ3v) is 3.10. The molecule has 15 heavy (non-hydrogen) atoms. The van der Waals surface area contributed by atoms with Crippen LogP contribution in [0, 0.1) is 5.92 Å². The Kier molecular flexibility index (Phi) is 4.33. The quantitative estimate of drug-likeness (QED) is 0.718. The van der Waals surface area contributed by atoms with Crippen molar-refractivity contribution < 1.29 is 4.79 Å². The summed E-state index contributed by atoms with van der Waals surface area (Å²) in [6, 6.07) is 0.193. The van der Waals surface area contributed by atoms with Gasteiger partial charge >= 0.3 is 0 Å². The van der Waals surface area contributed by atoms with Crippen LogP contribution in [0.4, 0.5) is 0 Å². The maximum absolute atomic E-state index is 11.9. The Hall–Kier alpha value is -0.830. The third-order valence-electron chi connectivity index (χ3n) is 3.10. The van der Waals surface area contributed by atoms with Gasteiger partial charge in [0.1, 0.15) is 0 Å². The fourth-order valence-corrected chi connectivity index (χ4v) is 2.04. The zero-order valence-corrected chi connectivity index (χ0v) is 9.99. The average molecular weight is 210 g/mol. The van der Waals surface area contributed by atoms with E-state index in [1.807, 2.05) is 31.7 Å². The summed E-state index contributed by atoms with van der Waals surface area (Å²) in [5, 5.41) is 0. The summed E-state index contributed by atoms with van der Waals surface area (Å²) < 4.78 is 0. The smallest absolute Gasteiger partial charge is 0.249 e. The summed E-state index contributed by atoms with van der Waals surface area (Å²) in [6.07, 6.45) is 3.95. The summed E-state index contributed by atoms with van der Waals surface area (Å²) in [4.78, 5) is 13.8. The zero-order valence-electron chi connectivity index (χ0n) is 9.99. The molecule has 3 heteroatoms. The first-order valence-electron chi connectivity index (χ1n) is 5.77. The summed E-state index contributed by atoms with van der Waals surface area (Å²) in [6.45, 7) is 7.65. The van der Waals surface area contributed by atoms with Gasteiger partial charge in [-0.2, -0.15) is 0 Å². The highest BCUT2D eigenvalue weighted by atomic mass is 16.2.